The van der Waals surface area contributed by atoms with E-state index in [9.17, 15) is 8.42 Å². The minimum Gasteiger partial charge on any atom is -0.496 e. The van der Waals surface area contributed by atoms with Crippen LogP contribution in [0.15, 0.2) is 23.1 Å². The molecule has 0 saturated heterocycles. The molecule has 1 aliphatic rings. The van der Waals surface area contributed by atoms with E-state index in [0.29, 0.717) is 35.6 Å². The molecule has 2 N–H and O–H groups in total. The molecule has 0 aromatic heterocycles. The van der Waals surface area contributed by atoms with Gasteiger partial charge in [-0.2, -0.15) is 0 Å². The molecule has 6 heteroatoms. The summed E-state index contributed by atoms with van der Waals surface area (Å²) < 4.78 is 32.6. The zero-order valence-electron chi connectivity index (χ0n) is 12.8. The first-order valence-electron chi connectivity index (χ1n) is 7.35. The van der Waals surface area contributed by atoms with Crippen molar-refractivity contribution in [2.24, 2.45) is 11.8 Å². The van der Waals surface area contributed by atoms with Gasteiger partial charge in [0, 0.05) is 18.7 Å². The molecule has 0 amide bonds. The maximum Gasteiger partial charge on any atom is 0.240 e. The summed E-state index contributed by atoms with van der Waals surface area (Å²) in [5, 5.41) is 3.19. The van der Waals surface area contributed by atoms with Gasteiger partial charge in [0.2, 0.25) is 10.0 Å². The molecule has 1 aromatic carbocycles. The summed E-state index contributed by atoms with van der Waals surface area (Å²) in [4.78, 5) is 0.296. The quantitative estimate of drug-likeness (QED) is 0.767. The van der Waals surface area contributed by atoms with Crippen LogP contribution >= 0.6 is 0 Å². The van der Waals surface area contributed by atoms with Gasteiger partial charge in [-0.3, -0.25) is 0 Å². The molecule has 0 spiro atoms. The zero-order valence-corrected chi connectivity index (χ0v) is 13.7. The molecule has 2 atom stereocenters. The fourth-order valence-corrected chi connectivity index (χ4v) is 3.45. The summed E-state index contributed by atoms with van der Waals surface area (Å²) in [6.07, 6.45) is 1.11. The van der Waals surface area contributed by atoms with E-state index >= 15 is 0 Å². The maximum absolute atomic E-state index is 12.3. The number of methoxy groups -OCH3 is 1. The molecule has 21 heavy (non-hydrogen) atoms. The van der Waals surface area contributed by atoms with Crippen LogP contribution in [0.2, 0.25) is 0 Å². The monoisotopic (exact) mass is 312 g/mol. The second kappa shape index (κ2) is 6.77. The standard InChI is InChI=1S/C15H24N2O3S/c1-4-16-9-13-8-14(5-6-15(13)20-3)21(18,19)17-10-12-7-11(12)2/h5-6,8,11-12,16-17H,4,7,9-10H2,1-3H3. The Morgan fingerprint density at radius 2 is 2.10 bits per heavy atom. The van der Waals surface area contributed by atoms with Crippen LogP contribution < -0.4 is 14.8 Å². The Kier molecular flexibility index (Phi) is 5.24. The third kappa shape index (κ3) is 4.18. The van der Waals surface area contributed by atoms with Crippen molar-refractivity contribution in [2.45, 2.75) is 31.7 Å². The van der Waals surface area contributed by atoms with E-state index in [-0.39, 0.29) is 0 Å². The topological polar surface area (TPSA) is 67.4 Å². The molecule has 5 nitrogen and oxygen atoms in total. The highest BCUT2D eigenvalue weighted by molar-refractivity contribution is 7.89. The van der Waals surface area contributed by atoms with Gasteiger partial charge in [-0.15, -0.1) is 0 Å². The van der Waals surface area contributed by atoms with Crippen molar-refractivity contribution in [2.75, 3.05) is 20.2 Å². The molecule has 1 saturated carbocycles. The molecule has 0 bridgehead atoms. The van der Waals surface area contributed by atoms with Crippen LogP contribution in [0.4, 0.5) is 0 Å². The molecule has 2 unspecified atom stereocenters. The predicted octanol–water partition coefficient (Wildman–Crippen LogP) is 1.74. The minimum atomic E-state index is -3.44. The molecule has 1 fully saturated rings. The van der Waals surface area contributed by atoms with E-state index in [1.165, 1.54) is 0 Å². The van der Waals surface area contributed by atoms with Gasteiger partial charge in [0.1, 0.15) is 5.75 Å². The first-order valence-corrected chi connectivity index (χ1v) is 8.83. The van der Waals surface area contributed by atoms with Crippen molar-refractivity contribution in [1.29, 1.82) is 0 Å². The van der Waals surface area contributed by atoms with Gasteiger partial charge in [-0.25, -0.2) is 13.1 Å². The van der Waals surface area contributed by atoms with Crippen molar-refractivity contribution < 1.29 is 13.2 Å². The normalized spacial score (nSPS) is 21.3. The second-order valence-electron chi connectivity index (χ2n) is 5.58. The van der Waals surface area contributed by atoms with Crippen molar-refractivity contribution in [3.8, 4) is 5.75 Å². The number of benzene rings is 1. The SMILES string of the molecule is CCNCc1cc(S(=O)(=O)NCC2CC2C)ccc1OC. The van der Waals surface area contributed by atoms with Crippen LogP contribution in [-0.2, 0) is 16.6 Å². The van der Waals surface area contributed by atoms with Gasteiger partial charge in [0.05, 0.1) is 12.0 Å². The molecule has 1 aromatic rings. The van der Waals surface area contributed by atoms with Crippen LogP contribution in [0.1, 0.15) is 25.8 Å². The highest BCUT2D eigenvalue weighted by Crippen LogP contribution is 2.37. The zero-order chi connectivity index (χ0) is 15.5. The number of sulfonamides is 1. The Labute approximate surface area is 127 Å². The Morgan fingerprint density at radius 1 is 1.38 bits per heavy atom. The number of nitrogens with one attached hydrogen (secondary N) is 2. The van der Waals surface area contributed by atoms with E-state index in [1.807, 2.05) is 6.92 Å². The van der Waals surface area contributed by atoms with Gasteiger partial charge in [-0.05, 0) is 43.0 Å². The van der Waals surface area contributed by atoms with E-state index in [0.717, 1.165) is 18.5 Å². The van der Waals surface area contributed by atoms with Gasteiger partial charge in [-0.1, -0.05) is 13.8 Å². The van der Waals surface area contributed by atoms with Crippen molar-refractivity contribution >= 4 is 10.0 Å². The number of hydrogen-bond acceptors (Lipinski definition) is 4. The maximum atomic E-state index is 12.3. The first kappa shape index (κ1) is 16.3. The molecule has 118 valence electrons. The predicted molar refractivity (Wildman–Crippen MR) is 82.8 cm³/mol. The van der Waals surface area contributed by atoms with Crippen LogP contribution in [0.25, 0.3) is 0 Å². The van der Waals surface area contributed by atoms with Gasteiger partial charge in [0.15, 0.2) is 0 Å². The number of ether oxygens (including phenoxy) is 1. The Balaban J connectivity index is 2.13. The van der Waals surface area contributed by atoms with Crippen LogP contribution in [0, 0.1) is 11.8 Å². The van der Waals surface area contributed by atoms with E-state index in [1.54, 1.807) is 25.3 Å². The summed E-state index contributed by atoms with van der Waals surface area (Å²) in [6.45, 7) is 6.07. The first-order chi connectivity index (χ1) is 9.97. The van der Waals surface area contributed by atoms with Crippen LogP contribution in [0.3, 0.4) is 0 Å². The highest BCUT2D eigenvalue weighted by Gasteiger charge is 2.33. The van der Waals surface area contributed by atoms with Gasteiger partial charge >= 0.3 is 0 Å². The van der Waals surface area contributed by atoms with Crippen LogP contribution in [0.5, 0.6) is 5.75 Å². The van der Waals surface area contributed by atoms with Gasteiger partial charge in [0.25, 0.3) is 0 Å². The van der Waals surface area contributed by atoms with E-state index in [4.69, 9.17) is 4.74 Å². The summed E-state index contributed by atoms with van der Waals surface area (Å²) in [7, 11) is -1.86. The molecule has 1 aliphatic carbocycles. The smallest absolute Gasteiger partial charge is 0.240 e. The van der Waals surface area contributed by atoms with Crippen molar-refractivity contribution in [3.63, 3.8) is 0 Å². The van der Waals surface area contributed by atoms with E-state index < -0.39 is 10.0 Å². The molecular weight excluding hydrogens is 288 g/mol. The van der Waals surface area contributed by atoms with Crippen molar-refractivity contribution in [1.82, 2.24) is 10.0 Å². The van der Waals surface area contributed by atoms with Crippen LogP contribution in [-0.4, -0.2) is 28.6 Å². The molecule has 2 rings (SSSR count). The minimum absolute atomic E-state index is 0.296. The largest absolute Gasteiger partial charge is 0.496 e. The summed E-state index contributed by atoms with van der Waals surface area (Å²) in [6, 6.07) is 4.98. The molecule has 0 radical (unpaired) electrons. The Morgan fingerprint density at radius 3 is 2.67 bits per heavy atom. The molecule has 0 heterocycles. The fourth-order valence-electron chi connectivity index (χ4n) is 2.30. The summed E-state index contributed by atoms with van der Waals surface area (Å²) >= 11 is 0. The lowest BCUT2D eigenvalue weighted by Gasteiger charge is -2.12. The Hall–Kier alpha value is -1.11. The molecule has 0 aliphatic heterocycles. The average Bonchev–Trinajstić information content (AvgIpc) is 3.18. The second-order valence-corrected chi connectivity index (χ2v) is 7.35. The lowest BCUT2D eigenvalue weighted by Crippen LogP contribution is -2.26. The van der Waals surface area contributed by atoms with E-state index in [2.05, 4.69) is 17.0 Å². The highest BCUT2D eigenvalue weighted by atomic mass is 32.2. The van der Waals surface area contributed by atoms with Crippen molar-refractivity contribution in [3.05, 3.63) is 23.8 Å². The number of hydrogen-bond donors (Lipinski definition) is 2. The number of rotatable bonds is 8. The third-order valence-corrected chi connectivity index (χ3v) is 5.36. The average molecular weight is 312 g/mol. The third-order valence-electron chi connectivity index (χ3n) is 3.94. The fraction of sp³-hybridized carbons (Fsp3) is 0.600. The lowest BCUT2D eigenvalue weighted by molar-refractivity contribution is 0.407. The van der Waals surface area contributed by atoms with Gasteiger partial charge < -0.3 is 10.1 Å². The summed E-state index contributed by atoms with van der Waals surface area (Å²) in [5.74, 6) is 1.82. The Bertz CT molecular complexity index is 587. The molecular formula is C15H24N2O3S. The summed E-state index contributed by atoms with van der Waals surface area (Å²) in [5.41, 5.74) is 0.849. The lowest BCUT2D eigenvalue weighted by atomic mass is 10.2.